The molecule has 0 aliphatic rings. The lowest BCUT2D eigenvalue weighted by Crippen LogP contribution is -2.32. The number of nitrogens with one attached hydrogen (secondary N) is 2. The van der Waals surface area contributed by atoms with Crippen molar-refractivity contribution in [1.29, 1.82) is 0 Å². The van der Waals surface area contributed by atoms with Gasteiger partial charge in [0.15, 0.2) is 0 Å². The molecule has 0 heterocycles. The van der Waals surface area contributed by atoms with E-state index in [0.29, 0.717) is 30.7 Å². The van der Waals surface area contributed by atoms with Crippen molar-refractivity contribution in [2.24, 2.45) is 5.10 Å². The Morgan fingerprint density at radius 3 is 2.46 bits per heavy atom. The zero-order valence-corrected chi connectivity index (χ0v) is 14.4. The van der Waals surface area contributed by atoms with E-state index in [0.717, 1.165) is 9.98 Å². The molecule has 5 N–H and O–H groups in total. The van der Waals surface area contributed by atoms with Gasteiger partial charge >= 0.3 is 0 Å². The number of hydroxylamine groups is 1. The predicted octanol–water partition coefficient (Wildman–Crippen LogP) is 1.63. The van der Waals surface area contributed by atoms with Crippen LogP contribution in [0.1, 0.15) is 44.6 Å². The molecule has 1 rings (SSSR count). The summed E-state index contributed by atoms with van der Waals surface area (Å²) in [4.78, 5) is 22.7. The van der Waals surface area contributed by atoms with Crippen LogP contribution in [-0.2, 0) is 9.59 Å². The van der Waals surface area contributed by atoms with Crippen LogP contribution in [0.25, 0.3) is 0 Å². The summed E-state index contributed by atoms with van der Waals surface area (Å²) < 4.78 is 1.03. The third-order valence-corrected chi connectivity index (χ3v) is 3.61. The van der Waals surface area contributed by atoms with Crippen molar-refractivity contribution >= 4 is 36.0 Å². The minimum Gasteiger partial charge on any atom is -0.399 e. The highest BCUT2D eigenvalue weighted by atomic mass is 32.1. The Morgan fingerprint density at radius 1 is 1.21 bits per heavy atom. The number of rotatable bonds is 9. The van der Waals surface area contributed by atoms with Gasteiger partial charge < -0.3 is 5.73 Å². The van der Waals surface area contributed by atoms with Crippen LogP contribution in [-0.4, -0.2) is 27.1 Å². The number of nitrogens with two attached hydrogens (primary N) is 1. The maximum Gasteiger partial charge on any atom is 0.252 e. The van der Waals surface area contributed by atoms with Gasteiger partial charge in [-0.25, -0.2) is 11.0 Å². The molecule has 0 unspecified atom stereocenters. The van der Waals surface area contributed by atoms with Gasteiger partial charge in [-0.2, -0.15) is 9.52 Å². The van der Waals surface area contributed by atoms with Crippen molar-refractivity contribution < 1.29 is 14.8 Å². The first-order chi connectivity index (χ1) is 11.4. The maximum absolute atomic E-state index is 11.9. The number of nitrogens with zero attached hydrogens (tertiary/aromatic N) is 2. The number of hydrogen-bond donors (Lipinski definition) is 5. The summed E-state index contributed by atoms with van der Waals surface area (Å²) in [5, 5.41) is 12.5. The minimum atomic E-state index is -0.425. The van der Waals surface area contributed by atoms with E-state index in [1.54, 1.807) is 24.5 Å². The van der Waals surface area contributed by atoms with Gasteiger partial charge in [0.25, 0.3) is 5.91 Å². The number of unbranched alkanes of at least 4 members (excludes halogenated alkanes) is 2. The van der Waals surface area contributed by atoms with Gasteiger partial charge in [-0.3, -0.25) is 14.8 Å². The lowest BCUT2D eigenvalue weighted by atomic mass is 10.1. The summed E-state index contributed by atoms with van der Waals surface area (Å²) in [5.41, 5.74) is 12.0. The van der Waals surface area contributed by atoms with E-state index >= 15 is 0 Å². The van der Waals surface area contributed by atoms with Gasteiger partial charge in [0.05, 0.1) is 5.71 Å². The zero-order chi connectivity index (χ0) is 17.9. The number of nitrogen functional groups attached to an aromatic ring is 1. The summed E-state index contributed by atoms with van der Waals surface area (Å²) in [7, 11) is 0. The third-order valence-electron chi connectivity index (χ3n) is 3.30. The van der Waals surface area contributed by atoms with Crippen molar-refractivity contribution in [2.75, 3.05) is 5.73 Å². The second-order valence-corrected chi connectivity index (χ2v) is 5.62. The highest BCUT2D eigenvalue weighted by Crippen LogP contribution is 2.08. The lowest BCUT2D eigenvalue weighted by molar-refractivity contribution is -0.129. The monoisotopic (exact) mass is 353 g/mol. The summed E-state index contributed by atoms with van der Waals surface area (Å²) in [6.07, 6.45) is 2.45. The zero-order valence-electron chi connectivity index (χ0n) is 13.5. The molecule has 1 aromatic carbocycles. The average molecular weight is 353 g/mol. The Hall–Kier alpha value is -2.26. The Kier molecular flexibility index (Phi) is 8.66. The highest BCUT2D eigenvalue weighted by Gasteiger charge is 2.09. The molecule has 0 aliphatic heterocycles. The number of carbonyl (C=O) groups is 2. The molecule has 0 bridgehead atoms. The first kappa shape index (κ1) is 19.8. The van der Waals surface area contributed by atoms with Crippen LogP contribution in [0.4, 0.5) is 5.69 Å². The van der Waals surface area contributed by atoms with E-state index in [-0.39, 0.29) is 18.7 Å². The van der Waals surface area contributed by atoms with E-state index in [2.05, 4.69) is 23.5 Å². The van der Waals surface area contributed by atoms with Gasteiger partial charge in [-0.05, 0) is 50.3 Å². The fourth-order valence-corrected chi connectivity index (χ4v) is 2.01. The van der Waals surface area contributed by atoms with Crippen LogP contribution in [0, 0.1) is 0 Å². The van der Waals surface area contributed by atoms with Crippen LogP contribution in [0.5, 0.6) is 0 Å². The molecule has 0 fully saturated rings. The number of carbonyl (C=O) groups excluding carboxylic acids is 2. The Labute approximate surface area is 146 Å². The van der Waals surface area contributed by atoms with E-state index in [1.807, 2.05) is 12.1 Å². The highest BCUT2D eigenvalue weighted by molar-refractivity contribution is 7.78. The van der Waals surface area contributed by atoms with Gasteiger partial charge in [0, 0.05) is 18.5 Å². The largest absolute Gasteiger partial charge is 0.399 e. The number of amides is 2. The van der Waals surface area contributed by atoms with Crippen molar-refractivity contribution in [3.8, 4) is 0 Å². The van der Waals surface area contributed by atoms with Crippen LogP contribution in [0.2, 0.25) is 0 Å². The molecule has 0 aromatic heterocycles. The van der Waals surface area contributed by atoms with Crippen molar-refractivity contribution in [2.45, 2.75) is 39.0 Å². The summed E-state index contributed by atoms with van der Waals surface area (Å²) in [6, 6.07) is 7.22. The van der Waals surface area contributed by atoms with Crippen LogP contribution in [0.15, 0.2) is 29.4 Å². The Morgan fingerprint density at radius 2 is 1.83 bits per heavy atom. The number of hydrogen-bond acceptors (Lipinski definition) is 7. The number of benzene rings is 1. The fourth-order valence-electron chi connectivity index (χ4n) is 1.87. The van der Waals surface area contributed by atoms with Crippen molar-refractivity contribution in [3.63, 3.8) is 0 Å². The molecule has 0 saturated carbocycles. The van der Waals surface area contributed by atoms with E-state index in [4.69, 9.17) is 10.9 Å². The second kappa shape index (κ2) is 10.5. The topological polar surface area (TPSA) is 120 Å². The molecule has 0 atom stereocenters. The molecule has 0 aliphatic carbocycles. The molecule has 24 heavy (non-hydrogen) atoms. The van der Waals surface area contributed by atoms with E-state index in [9.17, 15) is 9.59 Å². The number of hydrazine groups is 1. The standard InChI is InChI=1S/C15H23N5O3S/c1-11(12-7-9-13(16)10-8-12)17-19-20(24)15(22)6-4-2-3-5-14(21)18-23/h7-10,19,23-24H,2-6,16H2,1H3,(H,18,21)/b17-11+. The van der Waals surface area contributed by atoms with Crippen LogP contribution >= 0.6 is 12.8 Å². The van der Waals surface area contributed by atoms with Gasteiger partial charge in [0.1, 0.15) is 0 Å². The molecular formula is C15H23N5O3S. The lowest BCUT2D eigenvalue weighted by Gasteiger charge is -2.14. The maximum atomic E-state index is 11.9. The first-order valence-corrected chi connectivity index (χ1v) is 7.94. The molecule has 132 valence electrons. The first-order valence-electron chi connectivity index (χ1n) is 7.54. The molecule has 0 radical (unpaired) electrons. The summed E-state index contributed by atoms with van der Waals surface area (Å²) in [5.74, 6) is -0.648. The minimum absolute atomic E-state index is 0.223. The number of thiol groups is 1. The van der Waals surface area contributed by atoms with Crippen molar-refractivity contribution in [1.82, 2.24) is 15.4 Å². The SMILES string of the molecule is C/C(=N\NN(S)C(=O)CCCCCC(=O)NO)c1ccc(N)cc1. The Bertz CT molecular complexity index is 577. The van der Waals surface area contributed by atoms with E-state index in [1.165, 1.54) is 0 Å². The molecule has 0 spiro atoms. The molecule has 2 amide bonds. The molecule has 8 nitrogen and oxygen atoms in total. The molecule has 9 heteroatoms. The average Bonchev–Trinajstić information content (AvgIpc) is 2.59. The molecule has 1 aromatic rings. The normalized spacial score (nSPS) is 11.0. The van der Waals surface area contributed by atoms with Crippen LogP contribution < -0.4 is 16.7 Å². The van der Waals surface area contributed by atoms with Gasteiger partial charge in [-0.1, -0.05) is 18.6 Å². The molecule has 0 saturated heterocycles. The van der Waals surface area contributed by atoms with Crippen molar-refractivity contribution in [3.05, 3.63) is 29.8 Å². The Balaban J connectivity index is 2.32. The van der Waals surface area contributed by atoms with Crippen LogP contribution in [0.3, 0.4) is 0 Å². The van der Waals surface area contributed by atoms with Gasteiger partial charge in [-0.15, -0.1) is 0 Å². The number of hydrazone groups is 1. The molecular weight excluding hydrogens is 330 g/mol. The predicted molar refractivity (Wildman–Crippen MR) is 95.0 cm³/mol. The summed E-state index contributed by atoms with van der Waals surface area (Å²) >= 11 is 4.05. The summed E-state index contributed by atoms with van der Waals surface area (Å²) in [6.45, 7) is 1.80. The van der Waals surface area contributed by atoms with E-state index < -0.39 is 5.91 Å². The number of anilines is 1. The second-order valence-electron chi connectivity index (χ2n) is 5.22. The fraction of sp³-hybridized carbons (Fsp3) is 0.400. The van der Waals surface area contributed by atoms with Gasteiger partial charge in [0.2, 0.25) is 5.91 Å². The quantitative estimate of drug-likeness (QED) is 0.115. The third kappa shape index (κ3) is 7.34. The smallest absolute Gasteiger partial charge is 0.252 e.